The summed E-state index contributed by atoms with van der Waals surface area (Å²) in [5, 5.41) is 5.04. The monoisotopic (exact) mass is 297 g/mol. The number of nitrogens with zero attached hydrogens (tertiary/aromatic N) is 1. The average molecular weight is 297 g/mol. The van der Waals surface area contributed by atoms with Crippen molar-refractivity contribution in [3.63, 3.8) is 0 Å². The smallest absolute Gasteiger partial charge is 0.123 e. The van der Waals surface area contributed by atoms with Crippen molar-refractivity contribution in [2.45, 2.75) is 36.8 Å². The number of anilines is 1. The van der Waals surface area contributed by atoms with Crippen molar-refractivity contribution < 1.29 is 0 Å². The Balaban J connectivity index is 2.06. The highest BCUT2D eigenvalue weighted by Gasteiger charge is 2.29. The lowest BCUT2D eigenvalue weighted by Crippen LogP contribution is -2.45. The standard InChI is InChI=1S/C14H23N3S2/c1-3-16-12(14-10(2)18-6-7-19-14)8-11-4-5-17-13(15)9-11/h4-5,9-10,12,14,16H,3,6-8H2,1-2H3,(H2,15,17). The molecule has 1 aromatic heterocycles. The molecule has 0 radical (unpaired) electrons. The van der Waals surface area contributed by atoms with Gasteiger partial charge in [-0.3, -0.25) is 0 Å². The van der Waals surface area contributed by atoms with E-state index in [-0.39, 0.29) is 0 Å². The second-order valence-electron chi connectivity index (χ2n) is 4.87. The largest absolute Gasteiger partial charge is 0.384 e. The molecule has 3 atom stereocenters. The van der Waals surface area contributed by atoms with Crippen LogP contribution in [0.4, 0.5) is 5.82 Å². The predicted molar refractivity (Wildman–Crippen MR) is 88.0 cm³/mol. The number of nitrogens with two attached hydrogens (primary N) is 1. The first-order valence-electron chi connectivity index (χ1n) is 6.87. The summed E-state index contributed by atoms with van der Waals surface area (Å²) in [5.74, 6) is 3.16. The third kappa shape index (κ3) is 4.29. The third-order valence-electron chi connectivity index (χ3n) is 3.40. The topological polar surface area (TPSA) is 50.9 Å². The van der Waals surface area contributed by atoms with E-state index in [0.717, 1.165) is 13.0 Å². The SMILES string of the molecule is CCNC(Cc1ccnc(N)c1)C1SCCSC1C. The van der Waals surface area contributed by atoms with Crippen molar-refractivity contribution in [1.82, 2.24) is 10.3 Å². The molecule has 3 N–H and O–H groups in total. The Kier molecular flexibility index (Phi) is 5.85. The number of likely N-dealkylation sites (N-methyl/N-ethyl adjacent to an activating group) is 1. The summed E-state index contributed by atoms with van der Waals surface area (Å²) in [6.45, 7) is 5.55. The van der Waals surface area contributed by atoms with Gasteiger partial charge in [0, 0.05) is 34.2 Å². The highest BCUT2D eigenvalue weighted by atomic mass is 32.2. The molecular formula is C14H23N3S2. The Morgan fingerprint density at radius 2 is 2.26 bits per heavy atom. The van der Waals surface area contributed by atoms with Gasteiger partial charge in [-0.1, -0.05) is 13.8 Å². The van der Waals surface area contributed by atoms with E-state index in [1.165, 1.54) is 17.1 Å². The van der Waals surface area contributed by atoms with Crippen molar-refractivity contribution in [2.75, 3.05) is 23.8 Å². The number of nitrogen functional groups attached to an aromatic ring is 1. The summed E-state index contributed by atoms with van der Waals surface area (Å²) in [4.78, 5) is 4.07. The fourth-order valence-electron chi connectivity index (χ4n) is 2.53. The summed E-state index contributed by atoms with van der Waals surface area (Å²) in [6.07, 6.45) is 2.84. The number of hydrogen-bond donors (Lipinski definition) is 2. The van der Waals surface area contributed by atoms with Crippen LogP contribution in [0.15, 0.2) is 18.3 Å². The number of thioether (sulfide) groups is 2. The van der Waals surface area contributed by atoms with Gasteiger partial charge in [-0.2, -0.15) is 23.5 Å². The highest BCUT2D eigenvalue weighted by molar-refractivity contribution is 8.07. The molecule has 19 heavy (non-hydrogen) atoms. The molecule has 5 heteroatoms. The van der Waals surface area contributed by atoms with E-state index in [1.54, 1.807) is 6.20 Å². The third-order valence-corrected chi connectivity index (χ3v) is 6.65. The Hall–Kier alpha value is -0.390. The van der Waals surface area contributed by atoms with Gasteiger partial charge in [-0.15, -0.1) is 0 Å². The van der Waals surface area contributed by atoms with Gasteiger partial charge in [0.1, 0.15) is 5.82 Å². The zero-order chi connectivity index (χ0) is 13.7. The Morgan fingerprint density at radius 3 is 2.95 bits per heavy atom. The molecule has 1 aliphatic rings. The van der Waals surface area contributed by atoms with Crippen LogP contribution in [0, 0.1) is 0 Å². The van der Waals surface area contributed by atoms with Crippen molar-refractivity contribution in [1.29, 1.82) is 0 Å². The van der Waals surface area contributed by atoms with Crippen LogP contribution >= 0.6 is 23.5 Å². The fraction of sp³-hybridized carbons (Fsp3) is 0.643. The normalized spacial score (nSPS) is 25.2. The first-order chi connectivity index (χ1) is 9.20. The molecule has 2 rings (SSSR count). The maximum Gasteiger partial charge on any atom is 0.123 e. The van der Waals surface area contributed by atoms with E-state index in [0.29, 0.717) is 22.4 Å². The van der Waals surface area contributed by atoms with Crippen molar-refractivity contribution in [3.05, 3.63) is 23.9 Å². The molecule has 0 spiro atoms. The summed E-state index contributed by atoms with van der Waals surface area (Å²) < 4.78 is 0. The summed E-state index contributed by atoms with van der Waals surface area (Å²) in [6, 6.07) is 4.58. The first kappa shape index (κ1) is 15.0. The molecule has 1 aliphatic heterocycles. The van der Waals surface area contributed by atoms with Gasteiger partial charge in [0.2, 0.25) is 0 Å². The Morgan fingerprint density at radius 1 is 1.47 bits per heavy atom. The second-order valence-corrected chi connectivity index (χ2v) is 7.64. The van der Waals surface area contributed by atoms with Crippen LogP contribution in [0.2, 0.25) is 0 Å². The van der Waals surface area contributed by atoms with Crippen molar-refractivity contribution >= 4 is 29.3 Å². The van der Waals surface area contributed by atoms with E-state index in [4.69, 9.17) is 5.73 Å². The maximum absolute atomic E-state index is 5.77. The lowest BCUT2D eigenvalue weighted by molar-refractivity contribution is 0.501. The Bertz CT molecular complexity index is 400. The molecule has 2 heterocycles. The predicted octanol–water partition coefficient (Wildman–Crippen LogP) is 2.42. The zero-order valence-electron chi connectivity index (χ0n) is 11.6. The van der Waals surface area contributed by atoms with Gasteiger partial charge in [-0.05, 0) is 30.7 Å². The zero-order valence-corrected chi connectivity index (χ0v) is 13.3. The second kappa shape index (κ2) is 7.41. The van der Waals surface area contributed by atoms with Crippen molar-refractivity contribution in [3.8, 4) is 0 Å². The van der Waals surface area contributed by atoms with Crippen LogP contribution < -0.4 is 11.1 Å². The van der Waals surface area contributed by atoms with E-state index < -0.39 is 0 Å². The molecule has 106 valence electrons. The van der Waals surface area contributed by atoms with Gasteiger partial charge < -0.3 is 11.1 Å². The van der Waals surface area contributed by atoms with Crippen molar-refractivity contribution in [2.24, 2.45) is 0 Å². The molecular weight excluding hydrogens is 274 g/mol. The van der Waals surface area contributed by atoms with Gasteiger partial charge in [-0.25, -0.2) is 4.98 Å². The molecule has 0 saturated carbocycles. The van der Waals surface area contributed by atoms with E-state index in [9.17, 15) is 0 Å². The lowest BCUT2D eigenvalue weighted by Gasteiger charge is -2.35. The van der Waals surface area contributed by atoms with Crippen LogP contribution in [-0.4, -0.2) is 39.6 Å². The molecule has 3 unspecified atom stereocenters. The molecule has 0 amide bonds. The van der Waals surface area contributed by atoms with Crippen LogP contribution in [0.25, 0.3) is 0 Å². The molecule has 1 fully saturated rings. The van der Waals surface area contributed by atoms with Gasteiger partial charge >= 0.3 is 0 Å². The van der Waals surface area contributed by atoms with E-state index >= 15 is 0 Å². The van der Waals surface area contributed by atoms with Gasteiger partial charge in [0.05, 0.1) is 0 Å². The molecule has 1 saturated heterocycles. The quantitative estimate of drug-likeness (QED) is 0.874. The van der Waals surface area contributed by atoms with Gasteiger partial charge in [0.15, 0.2) is 0 Å². The average Bonchev–Trinajstić information content (AvgIpc) is 2.39. The lowest BCUT2D eigenvalue weighted by atomic mass is 10.0. The molecule has 0 aliphatic carbocycles. The fourth-order valence-corrected chi connectivity index (χ4v) is 5.49. The number of rotatable bonds is 5. The minimum absolute atomic E-state index is 0.514. The van der Waals surface area contributed by atoms with E-state index in [2.05, 4.69) is 53.7 Å². The minimum atomic E-state index is 0.514. The molecule has 1 aromatic rings. The molecule has 0 aromatic carbocycles. The maximum atomic E-state index is 5.77. The summed E-state index contributed by atoms with van der Waals surface area (Å²) in [5.41, 5.74) is 7.05. The molecule has 0 bridgehead atoms. The summed E-state index contributed by atoms with van der Waals surface area (Å²) in [7, 11) is 0. The number of hydrogen-bond acceptors (Lipinski definition) is 5. The summed E-state index contributed by atoms with van der Waals surface area (Å²) >= 11 is 4.21. The van der Waals surface area contributed by atoms with Crippen LogP contribution in [0.3, 0.4) is 0 Å². The molecule has 3 nitrogen and oxygen atoms in total. The minimum Gasteiger partial charge on any atom is -0.384 e. The van der Waals surface area contributed by atoms with Crippen LogP contribution in [0.1, 0.15) is 19.4 Å². The first-order valence-corrected chi connectivity index (χ1v) is 8.97. The highest BCUT2D eigenvalue weighted by Crippen LogP contribution is 2.34. The van der Waals surface area contributed by atoms with Gasteiger partial charge in [0.25, 0.3) is 0 Å². The van der Waals surface area contributed by atoms with Crippen LogP contribution in [0.5, 0.6) is 0 Å². The van der Waals surface area contributed by atoms with E-state index in [1.807, 2.05) is 6.07 Å². The number of pyridine rings is 1. The number of aromatic nitrogens is 1. The Labute approximate surface area is 124 Å². The van der Waals surface area contributed by atoms with Crippen LogP contribution in [-0.2, 0) is 6.42 Å². The number of nitrogens with one attached hydrogen (secondary N) is 1.